The SMILES string of the molecule is NNc1nc2nccnc2c(=O)[nH]1.N[C@@H](CCC(=O)O)C(=O)O.N[C@@H](CCC(=O)O)C(=O)O.N[C@@H](CCC(=O)O)C(=O)O.N[C@@H](CCC(=O)O)C(=O)O.N[C@@H](CCC(=O)O)C(=O)O.N[C@@H](CCC(=O)O)C(=O)O.N[C@@H](CCC(=O)O)C(=O)O.N[C@@H](CCC(=O)O)C(=O)O. The Kier molecular flexibility index (Phi) is 58.1. The zero-order valence-electron chi connectivity index (χ0n) is 48.7. The normalized spacial score (nSPS) is 12.2. The molecule has 0 fully saturated rings. The minimum atomic E-state index is -1.17. The average molecular weight is 1360 g/mol. The number of nitrogens with zero attached hydrogens (tertiary/aromatic N) is 3. The van der Waals surface area contributed by atoms with Crippen molar-refractivity contribution in [2.75, 3.05) is 5.43 Å². The first-order valence-corrected chi connectivity index (χ1v) is 25.4. The van der Waals surface area contributed by atoms with Crippen molar-refractivity contribution in [1.29, 1.82) is 0 Å². The number of H-pyrrole nitrogens is 1. The average Bonchev–Trinajstić information content (AvgIpc) is 0.871. The van der Waals surface area contributed by atoms with E-state index in [1.807, 2.05) is 0 Å². The Bertz CT molecular complexity index is 2360. The third-order valence-corrected chi connectivity index (χ3v) is 9.37. The van der Waals surface area contributed by atoms with Gasteiger partial charge < -0.3 is 128 Å². The van der Waals surface area contributed by atoms with Gasteiger partial charge in [-0.3, -0.25) is 91.9 Å². The number of aromatic amines is 1. The fourth-order valence-electron chi connectivity index (χ4n) is 4.16. The van der Waals surface area contributed by atoms with E-state index in [1.54, 1.807) is 0 Å². The second kappa shape index (κ2) is 56.4. The molecule has 36 N–H and O–H groups in total. The minimum Gasteiger partial charge on any atom is -0.481 e. The van der Waals surface area contributed by atoms with E-state index < -0.39 is 144 Å². The number of aliphatic carboxylic acids is 16. The maximum Gasteiger partial charge on any atom is 0.320 e. The van der Waals surface area contributed by atoms with Crippen LogP contribution in [0.5, 0.6) is 0 Å². The van der Waals surface area contributed by atoms with Crippen LogP contribution in [0.15, 0.2) is 17.2 Å². The number of aromatic nitrogens is 4. The van der Waals surface area contributed by atoms with Crippen molar-refractivity contribution in [2.45, 2.75) is 151 Å². The molecule has 8 atom stereocenters. The van der Waals surface area contributed by atoms with E-state index in [0.717, 1.165) is 0 Å². The second-order valence-electron chi connectivity index (χ2n) is 17.3. The van der Waals surface area contributed by atoms with Gasteiger partial charge in [-0.2, -0.15) is 4.98 Å². The van der Waals surface area contributed by atoms with Crippen LogP contribution in [-0.2, 0) is 76.7 Å². The van der Waals surface area contributed by atoms with Crippen molar-refractivity contribution < 1.29 is 158 Å². The lowest BCUT2D eigenvalue weighted by Crippen LogP contribution is -2.30. The summed E-state index contributed by atoms with van der Waals surface area (Å²) in [5.74, 6) is -12.3. The fraction of sp³-hybridized carbons (Fsp3) is 0.522. The molecule has 0 amide bonds. The van der Waals surface area contributed by atoms with E-state index in [4.69, 9.17) is 133 Å². The van der Waals surface area contributed by atoms with Crippen LogP contribution in [0.3, 0.4) is 0 Å². The number of nitrogens with one attached hydrogen (secondary N) is 2. The van der Waals surface area contributed by atoms with Gasteiger partial charge in [-0.25, -0.2) is 15.8 Å². The Morgan fingerprint density at radius 1 is 0.323 bits per heavy atom. The number of hydrogen-bond acceptors (Lipinski definition) is 30. The minimum absolute atomic E-state index is 0.0231. The Balaban J connectivity index is -0.000000179. The monoisotopic (exact) mass is 1350 g/mol. The van der Waals surface area contributed by atoms with Crippen molar-refractivity contribution >= 4 is 113 Å². The fourth-order valence-corrected chi connectivity index (χ4v) is 4.16. The first-order valence-electron chi connectivity index (χ1n) is 25.4. The zero-order chi connectivity index (χ0) is 74.4. The first kappa shape index (κ1) is 95.8. The van der Waals surface area contributed by atoms with Crippen LogP contribution < -0.4 is 62.7 Å². The molecule has 0 radical (unpaired) electrons. The van der Waals surface area contributed by atoms with Crippen LogP contribution in [0.2, 0.25) is 0 Å². The summed E-state index contributed by atoms with van der Waals surface area (Å²) in [6.07, 6.45) is 1.09. The quantitative estimate of drug-likeness (QED) is 0.0233. The lowest BCUT2D eigenvalue weighted by molar-refractivity contribution is -0.141. The van der Waals surface area contributed by atoms with E-state index in [-0.39, 0.29) is 125 Å². The Morgan fingerprint density at radius 2 is 0.484 bits per heavy atom. The van der Waals surface area contributed by atoms with Gasteiger partial charge in [-0.1, -0.05) is 0 Å². The molecule has 0 aliphatic rings. The highest BCUT2D eigenvalue weighted by atomic mass is 16.4. The van der Waals surface area contributed by atoms with Crippen molar-refractivity contribution in [2.24, 2.45) is 51.7 Å². The van der Waals surface area contributed by atoms with Gasteiger partial charge in [0.05, 0.1) is 0 Å². The van der Waals surface area contributed by atoms with Crippen LogP contribution in [-0.4, -0.2) is 245 Å². The van der Waals surface area contributed by atoms with Crippen LogP contribution in [0.25, 0.3) is 11.2 Å². The number of carbonyl (C=O) groups is 16. The standard InChI is InChI=1S/C6H6N6O.8C5H9NO4/c7-12-6-10-4-3(5(13)11-6)8-1-2-9-4;8*6-3(5(9)10)1-2-4(7)8/h1-2H,7H2,(H2,9,10,11,12,13);8*3H,1-2,6H2,(H,7,8)(H,9,10)/t;8*3-/m.00000000/s1. The van der Waals surface area contributed by atoms with Gasteiger partial charge in [0.25, 0.3) is 5.56 Å². The molecule has 2 aromatic heterocycles. The summed E-state index contributed by atoms with van der Waals surface area (Å²) in [6, 6.07) is -8.47. The maximum absolute atomic E-state index is 11.3. The topological polar surface area (TPSA) is 915 Å². The van der Waals surface area contributed by atoms with E-state index in [9.17, 15) is 81.5 Å². The number of nitrogen functional groups attached to an aromatic ring is 1. The molecule has 93 heavy (non-hydrogen) atoms. The molecule has 47 heteroatoms. The molecule has 0 aromatic carbocycles. The zero-order valence-corrected chi connectivity index (χ0v) is 48.7. The molecule has 0 spiro atoms. The molecular weight excluding hydrogens is 1280 g/mol. The molecule has 2 heterocycles. The van der Waals surface area contributed by atoms with E-state index >= 15 is 0 Å². The van der Waals surface area contributed by atoms with Gasteiger partial charge in [-0.05, 0) is 51.4 Å². The number of carboxylic acid groups (broad SMARTS) is 16. The number of rotatable bonds is 33. The predicted octanol–water partition coefficient (Wildman–Crippen LogP) is -6.90. The van der Waals surface area contributed by atoms with Gasteiger partial charge in [0.1, 0.15) is 48.3 Å². The van der Waals surface area contributed by atoms with Crippen LogP contribution in [0.4, 0.5) is 5.95 Å². The van der Waals surface area contributed by atoms with E-state index in [1.165, 1.54) is 12.4 Å². The number of nitrogens with two attached hydrogens (primary N) is 9. The van der Waals surface area contributed by atoms with Crippen molar-refractivity contribution in [1.82, 2.24) is 19.9 Å². The van der Waals surface area contributed by atoms with Gasteiger partial charge in [0, 0.05) is 63.8 Å². The van der Waals surface area contributed by atoms with Crippen LogP contribution in [0, 0.1) is 0 Å². The number of hydrogen-bond donors (Lipinski definition) is 27. The third kappa shape index (κ3) is 68.5. The highest BCUT2D eigenvalue weighted by Crippen LogP contribution is 2.01. The predicted molar refractivity (Wildman–Crippen MR) is 306 cm³/mol. The molecule has 530 valence electrons. The maximum atomic E-state index is 11.3. The highest BCUT2D eigenvalue weighted by Gasteiger charge is 2.17. The Hall–Kier alpha value is -10.8. The van der Waals surface area contributed by atoms with Crippen molar-refractivity contribution in [3.05, 3.63) is 22.7 Å². The molecule has 0 saturated carbocycles. The number of fused-ring (bicyclic) bond motifs is 1. The number of carboxylic acids is 16. The highest BCUT2D eigenvalue weighted by molar-refractivity contribution is 5.78. The second-order valence-corrected chi connectivity index (χ2v) is 17.3. The summed E-state index contributed by atoms with van der Waals surface area (Å²) in [4.78, 5) is 184. The molecule has 0 aliphatic carbocycles. The third-order valence-electron chi connectivity index (χ3n) is 9.37. The first-order chi connectivity index (χ1) is 42.6. The molecule has 2 rings (SSSR count). The summed E-state index contributed by atoms with van der Waals surface area (Å²) < 4.78 is 0. The summed E-state index contributed by atoms with van der Waals surface area (Å²) in [6.45, 7) is 0. The lowest BCUT2D eigenvalue weighted by Gasteiger charge is -2.01. The molecule has 0 aliphatic heterocycles. The van der Waals surface area contributed by atoms with Gasteiger partial charge in [-0.15, -0.1) is 0 Å². The largest absolute Gasteiger partial charge is 0.481 e. The molecule has 0 unspecified atom stereocenters. The summed E-state index contributed by atoms with van der Waals surface area (Å²) >= 11 is 0. The smallest absolute Gasteiger partial charge is 0.320 e. The van der Waals surface area contributed by atoms with E-state index in [2.05, 4.69) is 25.4 Å². The van der Waals surface area contributed by atoms with Gasteiger partial charge in [0.15, 0.2) is 11.2 Å². The van der Waals surface area contributed by atoms with Gasteiger partial charge in [0.2, 0.25) is 5.95 Å². The molecule has 2 aromatic rings. The van der Waals surface area contributed by atoms with Crippen molar-refractivity contribution in [3.63, 3.8) is 0 Å². The lowest BCUT2D eigenvalue weighted by atomic mass is 10.2. The van der Waals surface area contributed by atoms with Crippen LogP contribution in [0.1, 0.15) is 103 Å². The van der Waals surface area contributed by atoms with Crippen molar-refractivity contribution in [3.8, 4) is 0 Å². The van der Waals surface area contributed by atoms with Gasteiger partial charge >= 0.3 is 95.5 Å². The number of anilines is 1. The summed E-state index contributed by atoms with van der Waals surface area (Å²) in [5.41, 5.74) is 42.3. The summed E-state index contributed by atoms with van der Waals surface area (Å²) in [7, 11) is 0. The Labute approximate surface area is 521 Å². The van der Waals surface area contributed by atoms with E-state index in [0.29, 0.717) is 0 Å². The molecule has 0 saturated heterocycles. The molecule has 0 bridgehead atoms. The van der Waals surface area contributed by atoms with Crippen LogP contribution >= 0.6 is 0 Å². The molecule has 47 nitrogen and oxygen atoms in total. The Morgan fingerprint density at radius 3 is 0.624 bits per heavy atom. The summed E-state index contributed by atoms with van der Waals surface area (Å²) in [5, 5.41) is 130. The number of hydrazine groups is 1. The molecular formula is C46H78N14O33.